The molecule has 1 amide bonds. The number of carbonyl (C=O) groups excluding carboxylic acids is 1. The van der Waals surface area contributed by atoms with Crippen LogP contribution in [0.3, 0.4) is 0 Å². The van der Waals surface area contributed by atoms with Gasteiger partial charge in [-0.3, -0.25) is 15.2 Å². The molecule has 3 rings (SSSR count). The number of hydrogen-bond acceptors (Lipinski definition) is 6. The van der Waals surface area contributed by atoms with Crippen LogP contribution in [0.1, 0.15) is 32.3 Å². The minimum Gasteiger partial charge on any atom is -0.381 e. The van der Waals surface area contributed by atoms with E-state index in [1.54, 1.807) is 12.1 Å². The van der Waals surface area contributed by atoms with Crippen LogP contribution in [0.4, 0.5) is 14.7 Å². The molecule has 2 aromatic rings. The molecule has 2 N–H and O–H groups in total. The zero-order valence-electron chi connectivity index (χ0n) is 16.5. The van der Waals surface area contributed by atoms with Crippen molar-refractivity contribution in [1.82, 2.24) is 15.2 Å². The molecule has 1 aromatic heterocycles. The summed E-state index contributed by atoms with van der Waals surface area (Å²) in [5, 5.41) is 8.33. The lowest BCUT2D eigenvalue weighted by Gasteiger charge is -2.30. The Bertz CT molecular complexity index is 1040. The molecular formula is C19H22F2N4O4S. The summed E-state index contributed by atoms with van der Waals surface area (Å²) >= 11 is 0. The van der Waals surface area contributed by atoms with Gasteiger partial charge in [0.15, 0.2) is 15.7 Å². The Kier molecular flexibility index (Phi) is 6.32. The van der Waals surface area contributed by atoms with E-state index < -0.39 is 31.8 Å². The number of nitrogens with one attached hydrogen (secondary N) is 2. The third-order valence-electron chi connectivity index (χ3n) is 5.04. The summed E-state index contributed by atoms with van der Waals surface area (Å²) in [7, 11) is -3.77. The largest absolute Gasteiger partial charge is 0.381 e. The number of carbonyl (C=O) groups is 1. The van der Waals surface area contributed by atoms with Crippen molar-refractivity contribution < 1.29 is 26.7 Å². The average Bonchev–Trinajstić information content (AvgIpc) is 3.17. The van der Waals surface area contributed by atoms with Crippen LogP contribution in [0.25, 0.3) is 17.5 Å². The van der Waals surface area contributed by atoms with E-state index in [0.717, 1.165) is 6.08 Å². The molecule has 2 heterocycles. The molecule has 1 aliphatic heterocycles. The van der Waals surface area contributed by atoms with Crippen molar-refractivity contribution in [2.45, 2.75) is 36.7 Å². The number of aromatic amines is 1. The molecule has 162 valence electrons. The molecule has 1 aromatic carbocycles. The molecule has 1 saturated heterocycles. The van der Waals surface area contributed by atoms with Crippen molar-refractivity contribution in [3.63, 3.8) is 0 Å². The number of anilines is 1. The smallest absolute Gasteiger partial charge is 0.270 e. The predicted octanol–water partition coefficient (Wildman–Crippen LogP) is 3.02. The second-order valence-electron chi connectivity index (χ2n) is 7.38. The van der Waals surface area contributed by atoms with Gasteiger partial charge in [-0.15, -0.1) is 5.10 Å². The molecule has 11 heteroatoms. The van der Waals surface area contributed by atoms with Gasteiger partial charge < -0.3 is 4.74 Å². The van der Waals surface area contributed by atoms with Crippen molar-refractivity contribution in [3.8, 4) is 11.4 Å². The first-order valence-corrected chi connectivity index (χ1v) is 10.8. The highest BCUT2D eigenvalue weighted by Gasteiger charge is 2.46. The Morgan fingerprint density at radius 2 is 1.87 bits per heavy atom. The van der Waals surface area contributed by atoms with Crippen LogP contribution in [0.15, 0.2) is 30.3 Å². The standard InChI is InChI=1S/C19H22F2N4O4S/c1-19(2,30(27,28)14-7-9-29-10-8-14)17(26)23-18-22-16(24-25-18)13-5-3-12(4-6-13)11-15(20)21/h3-6,11,14H,7-10H2,1-2H3,(H2,22,23,24,25,26). The van der Waals surface area contributed by atoms with Crippen LogP contribution in [0.5, 0.6) is 0 Å². The highest BCUT2D eigenvalue weighted by molar-refractivity contribution is 7.94. The van der Waals surface area contributed by atoms with Crippen LogP contribution in [0.2, 0.25) is 0 Å². The summed E-state index contributed by atoms with van der Waals surface area (Å²) in [6.07, 6.45) is -0.370. The van der Waals surface area contributed by atoms with Crippen molar-refractivity contribution in [1.29, 1.82) is 0 Å². The highest BCUT2D eigenvalue weighted by atomic mass is 32.2. The van der Waals surface area contributed by atoms with E-state index in [0.29, 0.717) is 43.0 Å². The third kappa shape index (κ3) is 4.57. The fourth-order valence-electron chi connectivity index (χ4n) is 3.09. The first-order valence-electron chi connectivity index (χ1n) is 9.29. The van der Waals surface area contributed by atoms with E-state index in [9.17, 15) is 22.0 Å². The van der Waals surface area contributed by atoms with Gasteiger partial charge in [0, 0.05) is 24.9 Å². The van der Waals surface area contributed by atoms with E-state index in [2.05, 4.69) is 20.5 Å². The van der Waals surface area contributed by atoms with Gasteiger partial charge in [0.25, 0.3) is 6.08 Å². The average molecular weight is 440 g/mol. The van der Waals surface area contributed by atoms with Crippen LogP contribution < -0.4 is 5.32 Å². The zero-order valence-corrected chi connectivity index (χ0v) is 17.3. The SMILES string of the molecule is CC(C)(C(=O)Nc1n[nH]c(-c2ccc(C=C(F)F)cc2)n1)S(=O)(=O)C1CCOCC1. The Morgan fingerprint density at radius 1 is 1.23 bits per heavy atom. The molecule has 8 nitrogen and oxygen atoms in total. The number of halogens is 2. The van der Waals surface area contributed by atoms with Crippen LogP contribution in [-0.4, -0.2) is 52.7 Å². The van der Waals surface area contributed by atoms with Gasteiger partial charge in [-0.05, 0) is 32.3 Å². The highest BCUT2D eigenvalue weighted by Crippen LogP contribution is 2.28. The monoisotopic (exact) mass is 440 g/mol. The summed E-state index contributed by atoms with van der Waals surface area (Å²) in [5.74, 6) is -0.519. The number of rotatable bonds is 6. The summed E-state index contributed by atoms with van der Waals surface area (Å²) in [6, 6.07) is 6.11. The lowest BCUT2D eigenvalue weighted by atomic mass is 10.1. The van der Waals surface area contributed by atoms with Gasteiger partial charge in [-0.25, -0.2) is 8.42 Å². The van der Waals surface area contributed by atoms with E-state index in [-0.39, 0.29) is 5.95 Å². The van der Waals surface area contributed by atoms with Crippen molar-refractivity contribution in [2.24, 2.45) is 0 Å². The first-order chi connectivity index (χ1) is 14.1. The number of hydrogen-bond donors (Lipinski definition) is 2. The first kappa shape index (κ1) is 22.0. The number of benzene rings is 1. The lowest BCUT2D eigenvalue weighted by molar-refractivity contribution is -0.117. The van der Waals surface area contributed by atoms with E-state index in [1.807, 2.05) is 0 Å². The summed E-state index contributed by atoms with van der Waals surface area (Å²) in [5.41, 5.74) is 0.889. The number of ether oxygens (including phenoxy) is 1. The number of amides is 1. The minimum absolute atomic E-state index is 0.0796. The molecular weight excluding hydrogens is 418 g/mol. The zero-order chi connectivity index (χ0) is 21.9. The normalized spacial score (nSPS) is 15.6. The van der Waals surface area contributed by atoms with Crippen molar-refractivity contribution in [2.75, 3.05) is 18.5 Å². The number of sulfone groups is 1. The van der Waals surface area contributed by atoms with Crippen LogP contribution in [-0.2, 0) is 19.4 Å². The van der Waals surface area contributed by atoms with Crippen LogP contribution in [0, 0.1) is 0 Å². The maximum absolute atomic E-state index is 13.0. The molecule has 0 bridgehead atoms. The Labute approximate surface area is 172 Å². The second-order valence-corrected chi connectivity index (χ2v) is 10.2. The molecule has 0 atom stereocenters. The van der Waals surface area contributed by atoms with Gasteiger partial charge >= 0.3 is 0 Å². The third-order valence-corrected chi connectivity index (χ3v) is 7.99. The molecule has 1 aliphatic rings. The molecule has 0 unspecified atom stereocenters. The summed E-state index contributed by atoms with van der Waals surface area (Å²) in [4.78, 5) is 16.9. The number of H-pyrrole nitrogens is 1. The molecule has 0 spiro atoms. The number of aromatic nitrogens is 3. The molecule has 30 heavy (non-hydrogen) atoms. The fraction of sp³-hybridized carbons (Fsp3) is 0.421. The quantitative estimate of drug-likeness (QED) is 0.714. The Morgan fingerprint density at radius 3 is 2.47 bits per heavy atom. The van der Waals surface area contributed by atoms with Gasteiger partial charge in [0.05, 0.1) is 5.25 Å². The summed E-state index contributed by atoms with van der Waals surface area (Å²) in [6.45, 7) is 3.41. The number of nitrogens with zero attached hydrogens (tertiary/aromatic N) is 2. The van der Waals surface area contributed by atoms with Gasteiger partial charge in [0.1, 0.15) is 4.75 Å². The molecule has 0 aliphatic carbocycles. The lowest BCUT2D eigenvalue weighted by Crippen LogP contribution is -2.50. The van der Waals surface area contributed by atoms with E-state index in [1.165, 1.54) is 26.0 Å². The molecule has 1 fully saturated rings. The molecule has 0 saturated carbocycles. The minimum atomic E-state index is -3.77. The topological polar surface area (TPSA) is 114 Å². The van der Waals surface area contributed by atoms with E-state index >= 15 is 0 Å². The van der Waals surface area contributed by atoms with Gasteiger partial charge in [-0.1, -0.05) is 24.3 Å². The summed E-state index contributed by atoms with van der Waals surface area (Å²) < 4.78 is 54.0. The van der Waals surface area contributed by atoms with E-state index in [4.69, 9.17) is 4.74 Å². The second kappa shape index (κ2) is 8.60. The maximum atomic E-state index is 13.0. The van der Waals surface area contributed by atoms with Gasteiger partial charge in [-0.2, -0.15) is 13.8 Å². The van der Waals surface area contributed by atoms with Crippen molar-refractivity contribution >= 4 is 27.8 Å². The maximum Gasteiger partial charge on any atom is 0.270 e. The van der Waals surface area contributed by atoms with Crippen molar-refractivity contribution in [3.05, 3.63) is 35.9 Å². The predicted molar refractivity (Wildman–Crippen MR) is 107 cm³/mol. The fourth-order valence-corrected chi connectivity index (χ4v) is 5.05. The molecule has 0 radical (unpaired) electrons. The van der Waals surface area contributed by atoms with Gasteiger partial charge in [0.2, 0.25) is 11.9 Å². The Hall–Kier alpha value is -2.66. The van der Waals surface area contributed by atoms with Crippen LogP contribution >= 0.6 is 0 Å². The Balaban J connectivity index is 1.73.